The standard InChI is InChI=1S/C27H33NO6S/c1-5-28(6-2)16-9-11-19-10-7-8-12-22(19)26(35(30)31)23-14-13-21(20-15-17-34-18-20)25(32-3)24(23)27(29)33-4/h7-8,10,12-15,17-18,26H,5-6,9,11,16H2,1-4H3,(H,30,31)/p-1. The second kappa shape index (κ2) is 12.7. The van der Waals surface area contributed by atoms with Crippen LogP contribution in [0.15, 0.2) is 59.4 Å². The Morgan fingerprint density at radius 1 is 1.09 bits per heavy atom. The van der Waals surface area contributed by atoms with Crippen LogP contribution in [0, 0.1) is 0 Å². The molecule has 3 aromatic rings. The van der Waals surface area contributed by atoms with Crippen molar-refractivity contribution < 1.29 is 27.4 Å². The fraction of sp³-hybridized carbons (Fsp3) is 0.370. The summed E-state index contributed by atoms with van der Waals surface area (Å²) < 4.78 is 41.2. The second-order valence-corrected chi connectivity index (χ2v) is 9.08. The average molecular weight is 499 g/mol. The van der Waals surface area contributed by atoms with E-state index in [0.717, 1.165) is 38.0 Å². The van der Waals surface area contributed by atoms with E-state index in [9.17, 15) is 13.6 Å². The van der Waals surface area contributed by atoms with E-state index in [0.29, 0.717) is 22.3 Å². The van der Waals surface area contributed by atoms with Gasteiger partial charge in [-0.3, -0.25) is 4.21 Å². The van der Waals surface area contributed by atoms with E-state index in [1.807, 2.05) is 24.3 Å². The van der Waals surface area contributed by atoms with Crippen LogP contribution in [0.1, 0.15) is 52.6 Å². The molecule has 35 heavy (non-hydrogen) atoms. The Bertz CT molecular complexity index is 1140. The first-order valence-corrected chi connectivity index (χ1v) is 12.8. The molecule has 0 N–H and O–H groups in total. The van der Waals surface area contributed by atoms with Gasteiger partial charge in [-0.1, -0.05) is 50.2 Å². The molecule has 0 amide bonds. The molecule has 0 radical (unpaired) electrons. The minimum atomic E-state index is -2.56. The molecular weight excluding hydrogens is 466 g/mol. The molecule has 2 aromatic carbocycles. The highest BCUT2D eigenvalue weighted by Gasteiger charge is 2.29. The van der Waals surface area contributed by atoms with E-state index in [2.05, 4.69) is 18.7 Å². The van der Waals surface area contributed by atoms with Gasteiger partial charge in [-0.25, -0.2) is 4.79 Å². The number of furan rings is 1. The molecule has 2 atom stereocenters. The molecule has 0 bridgehead atoms. The normalized spacial score (nSPS) is 13.0. The fourth-order valence-corrected chi connectivity index (χ4v) is 5.25. The van der Waals surface area contributed by atoms with Crippen LogP contribution in [-0.4, -0.2) is 53.5 Å². The van der Waals surface area contributed by atoms with Gasteiger partial charge in [-0.2, -0.15) is 0 Å². The maximum atomic E-state index is 13.0. The number of hydrogen-bond acceptors (Lipinski definition) is 7. The Morgan fingerprint density at radius 3 is 2.43 bits per heavy atom. The van der Waals surface area contributed by atoms with Crippen LogP contribution in [-0.2, 0) is 22.2 Å². The van der Waals surface area contributed by atoms with Gasteiger partial charge in [0.2, 0.25) is 0 Å². The van der Waals surface area contributed by atoms with E-state index in [1.165, 1.54) is 26.7 Å². The molecule has 0 aliphatic heterocycles. The second-order valence-electron chi connectivity index (χ2n) is 8.08. The van der Waals surface area contributed by atoms with Gasteiger partial charge >= 0.3 is 5.97 Å². The first-order chi connectivity index (χ1) is 17.0. The summed E-state index contributed by atoms with van der Waals surface area (Å²) in [6, 6.07) is 12.6. The SMILES string of the molecule is CCN(CC)CCCc1ccccc1C(c1ccc(-c2ccoc2)c(OC)c1C(=O)OC)S(=O)[O-]. The predicted octanol–water partition coefficient (Wildman–Crippen LogP) is 4.98. The molecule has 0 fully saturated rings. The first kappa shape index (κ1) is 26.7. The number of methoxy groups -OCH3 is 2. The summed E-state index contributed by atoms with van der Waals surface area (Å²) in [5.41, 5.74) is 3.28. The summed E-state index contributed by atoms with van der Waals surface area (Å²) in [7, 11) is 2.71. The molecular formula is C27H32NO6S-. The van der Waals surface area contributed by atoms with Crippen LogP contribution in [0.25, 0.3) is 11.1 Å². The molecule has 3 rings (SSSR count). The van der Waals surface area contributed by atoms with E-state index in [4.69, 9.17) is 13.9 Å². The van der Waals surface area contributed by atoms with E-state index >= 15 is 0 Å². The van der Waals surface area contributed by atoms with E-state index in [1.54, 1.807) is 18.2 Å². The topological polar surface area (TPSA) is 92.0 Å². The highest BCUT2D eigenvalue weighted by molar-refractivity contribution is 7.79. The molecule has 0 spiro atoms. The Balaban J connectivity index is 2.12. The molecule has 1 heterocycles. The summed E-state index contributed by atoms with van der Waals surface area (Å²) >= 11 is -2.56. The fourth-order valence-electron chi connectivity index (χ4n) is 4.41. The van der Waals surface area contributed by atoms with Gasteiger partial charge in [-0.15, -0.1) is 0 Å². The number of hydrogen-bond donors (Lipinski definition) is 0. The Morgan fingerprint density at radius 2 is 1.83 bits per heavy atom. The van der Waals surface area contributed by atoms with Gasteiger partial charge in [0, 0.05) is 11.1 Å². The number of carbonyl (C=O) groups excluding carboxylic acids is 1. The smallest absolute Gasteiger partial charge is 0.342 e. The highest BCUT2D eigenvalue weighted by atomic mass is 32.2. The van der Waals surface area contributed by atoms with Crippen LogP contribution in [0.5, 0.6) is 5.75 Å². The largest absolute Gasteiger partial charge is 0.772 e. The summed E-state index contributed by atoms with van der Waals surface area (Å²) in [4.78, 5) is 15.3. The molecule has 2 unspecified atom stereocenters. The summed E-state index contributed by atoms with van der Waals surface area (Å²) in [6.07, 6.45) is 4.67. The number of ether oxygens (including phenoxy) is 2. The van der Waals surface area contributed by atoms with Crippen molar-refractivity contribution in [1.82, 2.24) is 4.90 Å². The number of aryl methyl sites for hydroxylation is 1. The van der Waals surface area contributed by atoms with E-state index < -0.39 is 22.3 Å². The minimum absolute atomic E-state index is 0.0841. The third-order valence-electron chi connectivity index (χ3n) is 6.24. The Labute approximate surface area is 209 Å². The van der Waals surface area contributed by atoms with E-state index in [-0.39, 0.29) is 11.3 Å². The van der Waals surface area contributed by atoms with Crippen molar-refractivity contribution in [1.29, 1.82) is 0 Å². The molecule has 0 saturated heterocycles. The third kappa shape index (κ3) is 6.01. The summed E-state index contributed by atoms with van der Waals surface area (Å²) in [6.45, 7) is 7.12. The monoisotopic (exact) mass is 498 g/mol. The minimum Gasteiger partial charge on any atom is -0.772 e. The predicted molar refractivity (Wildman–Crippen MR) is 135 cm³/mol. The lowest BCUT2D eigenvalue weighted by Gasteiger charge is -2.27. The van der Waals surface area contributed by atoms with Crippen molar-refractivity contribution in [3.05, 3.63) is 77.2 Å². The average Bonchev–Trinajstić information content (AvgIpc) is 3.41. The third-order valence-corrected chi connectivity index (χ3v) is 7.14. The maximum absolute atomic E-state index is 13.0. The highest BCUT2D eigenvalue weighted by Crippen LogP contribution is 2.41. The van der Waals surface area contributed by atoms with Crippen molar-refractivity contribution in [3.63, 3.8) is 0 Å². The Kier molecular flexibility index (Phi) is 9.65. The van der Waals surface area contributed by atoms with Gasteiger partial charge in [-0.05, 0) is 66.3 Å². The van der Waals surface area contributed by atoms with Crippen molar-refractivity contribution >= 4 is 17.0 Å². The van der Waals surface area contributed by atoms with Crippen LogP contribution >= 0.6 is 0 Å². The van der Waals surface area contributed by atoms with Gasteiger partial charge in [0.25, 0.3) is 0 Å². The van der Waals surface area contributed by atoms with Crippen molar-refractivity contribution in [3.8, 4) is 16.9 Å². The van der Waals surface area contributed by atoms with Crippen LogP contribution in [0.3, 0.4) is 0 Å². The molecule has 188 valence electrons. The summed E-state index contributed by atoms with van der Waals surface area (Å²) in [5.74, 6) is -0.429. The van der Waals surface area contributed by atoms with Crippen molar-refractivity contribution in [2.45, 2.75) is 31.9 Å². The zero-order chi connectivity index (χ0) is 25.4. The number of rotatable bonds is 12. The van der Waals surface area contributed by atoms with Crippen LogP contribution in [0.2, 0.25) is 0 Å². The van der Waals surface area contributed by atoms with Gasteiger partial charge < -0.3 is 23.3 Å². The van der Waals surface area contributed by atoms with Crippen molar-refractivity contribution in [2.24, 2.45) is 0 Å². The molecule has 7 nitrogen and oxygen atoms in total. The molecule has 0 aliphatic rings. The van der Waals surface area contributed by atoms with Crippen LogP contribution < -0.4 is 4.74 Å². The van der Waals surface area contributed by atoms with Crippen LogP contribution in [0.4, 0.5) is 0 Å². The zero-order valence-corrected chi connectivity index (χ0v) is 21.4. The molecule has 0 aliphatic carbocycles. The van der Waals surface area contributed by atoms with Crippen molar-refractivity contribution in [2.75, 3.05) is 33.9 Å². The number of benzene rings is 2. The molecule has 1 aromatic heterocycles. The lowest BCUT2D eigenvalue weighted by atomic mass is 9.91. The number of nitrogens with zero attached hydrogens (tertiary/aromatic N) is 1. The summed E-state index contributed by atoms with van der Waals surface area (Å²) in [5, 5.41) is -1.07. The number of carbonyl (C=O) groups is 1. The van der Waals surface area contributed by atoms with Gasteiger partial charge in [0.1, 0.15) is 11.3 Å². The lowest BCUT2D eigenvalue weighted by Crippen LogP contribution is -2.24. The maximum Gasteiger partial charge on any atom is 0.342 e. The molecule has 8 heteroatoms. The zero-order valence-electron chi connectivity index (χ0n) is 20.6. The van der Waals surface area contributed by atoms with Gasteiger partial charge in [0.15, 0.2) is 0 Å². The number of esters is 1. The Hall–Kier alpha value is -2.94. The van der Waals surface area contributed by atoms with Gasteiger partial charge in [0.05, 0.1) is 32.0 Å². The quantitative estimate of drug-likeness (QED) is 0.257. The first-order valence-electron chi connectivity index (χ1n) is 11.7. The molecule has 0 saturated carbocycles. The lowest BCUT2D eigenvalue weighted by molar-refractivity contribution is 0.0596.